The van der Waals surface area contributed by atoms with E-state index in [0.29, 0.717) is 38.5 Å². The van der Waals surface area contributed by atoms with Gasteiger partial charge in [0.25, 0.3) is 5.91 Å². The summed E-state index contributed by atoms with van der Waals surface area (Å²) in [5.74, 6) is 0.259. The van der Waals surface area contributed by atoms with Crippen LogP contribution in [0.25, 0.3) is 0 Å². The predicted molar refractivity (Wildman–Crippen MR) is 100 cm³/mol. The Morgan fingerprint density at radius 2 is 1.88 bits per heavy atom. The molecule has 0 aliphatic carbocycles. The maximum absolute atomic E-state index is 12.5. The van der Waals surface area contributed by atoms with E-state index in [-0.39, 0.29) is 11.8 Å². The number of hydrogen-bond donors (Lipinski definition) is 1. The van der Waals surface area contributed by atoms with E-state index >= 15 is 0 Å². The summed E-state index contributed by atoms with van der Waals surface area (Å²) < 4.78 is 5.17. The maximum atomic E-state index is 12.5. The molecule has 2 aromatic rings. The summed E-state index contributed by atoms with van der Waals surface area (Å²) in [5, 5.41) is 3.06. The monoisotopic (exact) mass is 355 g/mol. The van der Waals surface area contributed by atoms with Crippen LogP contribution < -0.4 is 5.32 Å². The number of rotatable bonds is 5. The molecule has 1 aromatic heterocycles. The molecule has 1 aromatic carbocycles. The topological polar surface area (TPSA) is 65.8 Å². The number of piperazine rings is 1. The highest BCUT2D eigenvalue weighted by Gasteiger charge is 2.24. The number of furan rings is 1. The summed E-state index contributed by atoms with van der Waals surface area (Å²) in [6.07, 6.45) is 2.38. The van der Waals surface area contributed by atoms with Crippen molar-refractivity contribution >= 4 is 17.5 Å². The fraction of sp³-hybridized carbons (Fsp3) is 0.400. The van der Waals surface area contributed by atoms with Gasteiger partial charge < -0.3 is 14.6 Å². The third kappa shape index (κ3) is 4.14. The van der Waals surface area contributed by atoms with Gasteiger partial charge in [0, 0.05) is 31.9 Å². The second-order valence-corrected chi connectivity index (χ2v) is 6.56. The smallest absolute Gasteiger partial charge is 0.289 e. The molecule has 0 atom stereocenters. The van der Waals surface area contributed by atoms with Crippen molar-refractivity contribution in [1.29, 1.82) is 0 Å². The molecule has 0 spiro atoms. The molecule has 0 unspecified atom stereocenters. The second kappa shape index (κ2) is 8.19. The van der Waals surface area contributed by atoms with Crippen molar-refractivity contribution in [2.45, 2.75) is 20.3 Å². The highest BCUT2D eigenvalue weighted by molar-refractivity contribution is 5.94. The zero-order valence-electron chi connectivity index (χ0n) is 15.3. The van der Waals surface area contributed by atoms with Crippen LogP contribution in [0.5, 0.6) is 0 Å². The average Bonchev–Trinajstić information content (AvgIpc) is 3.18. The van der Waals surface area contributed by atoms with Crippen molar-refractivity contribution in [3.05, 3.63) is 53.5 Å². The quantitative estimate of drug-likeness (QED) is 0.895. The van der Waals surface area contributed by atoms with Crippen LogP contribution in [-0.2, 0) is 11.2 Å². The number of para-hydroxylation sites is 1. The van der Waals surface area contributed by atoms with E-state index < -0.39 is 0 Å². The van der Waals surface area contributed by atoms with E-state index in [1.54, 1.807) is 17.0 Å². The Labute approximate surface area is 153 Å². The van der Waals surface area contributed by atoms with Crippen molar-refractivity contribution in [2.24, 2.45) is 0 Å². The van der Waals surface area contributed by atoms with Crippen LogP contribution in [0.2, 0.25) is 0 Å². The molecule has 1 saturated heterocycles. The summed E-state index contributed by atoms with van der Waals surface area (Å²) in [7, 11) is 0. The minimum absolute atomic E-state index is 0.0141. The third-order valence-electron chi connectivity index (χ3n) is 4.76. The lowest BCUT2D eigenvalue weighted by Gasteiger charge is -2.33. The van der Waals surface area contributed by atoms with E-state index in [1.165, 1.54) is 6.26 Å². The molecule has 1 fully saturated rings. The minimum atomic E-state index is -0.0911. The van der Waals surface area contributed by atoms with Crippen molar-refractivity contribution in [3.8, 4) is 0 Å². The molecule has 1 N–H and O–H groups in total. The Kier molecular flexibility index (Phi) is 5.73. The van der Waals surface area contributed by atoms with Gasteiger partial charge in [-0.1, -0.05) is 25.1 Å². The molecule has 6 nitrogen and oxygen atoms in total. The highest BCUT2D eigenvalue weighted by Crippen LogP contribution is 2.21. The maximum Gasteiger partial charge on any atom is 0.289 e. The molecule has 0 bridgehead atoms. The number of aryl methyl sites for hydroxylation is 2. The predicted octanol–water partition coefficient (Wildman–Crippen LogP) is 2.55. The summed E-state index contributed by atoms with van der Waals surface area (Å²) >= 11 is 0. The van der Waals surface area contributed by atoms with Crippen molar-refractivity contribution < 1.29 is 14.0 Å². The van der Waals surface area contributed by atoms with Gasteiger partial charge in [0.05, 0.1) is 12.8 Å². The number of nitrogens with one attached hydrogen (secondary N) is 1. The SMILES string of the molecule is CCc1cccc(C)c1NC(=O)CN1CCN(C(=O)c2ccco2)CC1. The average molecular weight is 355 g/mol. The number of benzene rings is 1. The van der Waals surface area contributed by atoms with E-state index in [1.807, 2.05) is 25.1 Å². The van der Waals surface area contributed by atoms with Crippen LogP contribution in [0.3, 0.4) is 0 Å². The molecule has 3 rings (SSSR count). The van der Waals surface area contributed by atoms with E-state index in [0.717, 1.165) is 23.2 Å². The van der Waals surface area contributed by atoms with E-state index in [4.69, 9.17) is 4.42 Å². The molecule has 1 aliphatic heterocycles. The molecule has 6 heteroatoms. The molecule has 2 amide bonds. The standard InChI is InChI=1S/C20H25N3O3/c1-3-16-7-4-6-15(2)19(16)21-18(24)14-22-9-11-23(12-10-22)20(25)17-8-5-13-26-17/h4-8,13H,3,9-12,14H2,1-2H3,(H,21,24). The van der Waals surface area contributed by atoms with Gasteiger partial charge in [-0.05, 0) is 36.6 Å². The van der Waals surface area contributed by atoms with Crippen LogP contribution >= 0.6 is 0 Å². The van der Waals surface area contributed by atoms with Crippen LogP contribution in [0.4, 0.5) is 5.69 Å². The van der Waals surface area contributed by atoms with Crippen molar-refractivity contribution in [2.75, 3.05) is 38.0 Å². The minimum Gasteiger partial charge on any atom is -0.459 e. The molecule has 26 heavy (non-hydrogen) atoms. The van der Waals surface area contributed by atoms with Crippen molar-refractivity contribution in [1.82, 2.24) is 9.80 Å². The molecular weight excluding hydrogens is 330 g/mol. The zero-order chi connectivity index (χ0) is 18.5. The Bertz CT molecular complexity index is 763. The molecule has 1 aliphatic rings. The van der Waals surface area contributed by atoms with Gasteiger partial charge >= 0.3 is 0 Å². The van der Waals surface area contributed by atoms with E-state index in [2.05, 4.69) is 17.1 Å². The lowest BCUT2D eigenvalue weighted by molar-refractivity contribution is -0.117. The van der Waals surface area contributed by atoms with Crippen LogP contribution in [0, 0.1) is 6.92 Å². The first-order chi connectivity index (χ1) is 12.6. The summed E-state index contributed by atoms with van der Waals surface area (Å²) in [5.41, 5.74) is 3.14. The lowest BCUT2D eigenvalue weighted by Crippen LogP contribution is -2.50. The van der Waals surface area contributed by atoms with Gasteiger partial charge in [0.1, 0.15) is 0 Å². The van der Waals surface area contributed by atoms with Crippen LogP contribution in [-0.4, -0.2) is 54.3 Å². The Morgan fingerprint density at radius 1 is 1.12 bits per heavy atom. The Morgan fingerprint density at radius 3 is 2.54 bits per heavy atom. The first-order valence-corrected chi connectivity index (χ1v) is 9.02. The van der Waals surface area contributed by atoms with E-state index in [9.17, 15) is 9.59 Å². The first kappa shape index (κ1) is 18.2. The Hall–Kier alpha value is -2.60. The molecular formula is C20H25N3O3. The first-order valence-electron chi connectivity index (χ1n) is 9.02. The summed E-state index contributed by atoms with van der Waals surface area (Å²) in [4.78, 5) is 28.6. The van der Waals surface area contributed by atoms with Crippen LogP contribution in [0.1, 0.15) is 28.6 Å². The normalized spacial score (nSPS) is 15.1. The fourth-order valence-corrected chi connectivity index (χ4v) is 3.25. The number of carbonyl (C=O) groups is 2. The van der Waals surface area contributed by atoms with Gasteiger partial charge in [0.2, 0.25) is 5.91 Å². The van der Waals surface area contributed by atoms with Gasteiger partial charge in [0.15, 0.2) is 5.76 Å². The molecule has 0 saturated carbocycles. The number of amides is 2. The Balaban J connectivity index is 1.52. The van der Waals surface area contributed by atoms with Crippen LogP contribution in [0.15, 0.2) is 41.0 Å². The number of anilines is 1. The summed E-state index contributed by atoms with van der Waals surface area (Å²) in [6, 6.07) is 9.45. The van der Waals surface area contributed by atoms with Gasteiger partial charge in [-0.3, -0.25) is 14.5 Å². The molecule has 2 heterocycles. The van der Waals surface area contributed by atoms with Gasteiger partial charge in [-0.25, -0.2) is 0 Å². The van der Waals surface area contributed by atoms with Gasteiger partial charge in [-0.2, -0.15) is 0 Å². The number of carbonyl (C=O) groups excluding carboxylic acids is 2. The highest BCUT2D eigenvalue weighted by atomic mass is 16.3. The third-order valence-corrected chi connectivity index (χ3v) is 4.76. The van der Waals surface area contributed by atoms with Crippen molar-refractivity contribution in [3.63, 3.8) is 0 Å². The fourth-order valence-electron chi connectivity index (χ4n) is 3.25. The number of hydrogen-bond acceptors (Lipinski definition) is 4. The number of nitrogens with zero attached hydrogens (tertiary/aromatic N) is 2. The second-order valence-electron chi connectivity index (χ2n) is 6.56. The largest absolute Gasteiger partial charge is 0.459 e. The van der Waals surface area contributed by atoms with Gasteiger partial charge in [-0.15, -0.1) is 0 Å². The molecule has 0 radical (unpaired) electrons. The zero-order valence-corrected chi connectivity index (χ0v) is 15.3. The molecule has 138 valence electrons. The summed E-state index contributed by atoms with van der Waals surface area (Å²) in [6.45, 7) is 6.96. The lowest BCUT2D eigenvalue weighted by atomic mass is 10.1.